The van der Waals surface area contributed by atoms with Crippen molar-refractivity contribution in [2.24, 2.45) is 13.0 Å². The van der Waals surface area contributed by atoms with E-state index in [-0.39, 0.29) is 28.6 Å². The van der Waals surface area contributed by atoms with Crippen molar-refractivity contribution in [1.29, 1.82) is 0 Å². The maximum absolute atomic E-state index is 14.6. The molecule has 1 saturated carbocycles. The molecule has 3 heterocycles. The fraction of sp³-hybridized carbons (Fsp3) is 0.476. The molecule has 3 atom stereocenters. The van der Waals surface area contributed by atoms with Crippen molar-refractivity contribution in [2.75, 3.05) is 5.32 Å². The third kappa shape index (κ3) is 3.33. The van der Waals surface area contributed by atoms with Crippen LogP contribution in [0.25, 0.3) is 11.4 Å². The number of halogens is 2. The molecule has 11 heteroatoms. The van der Waals surface area contributed by atoms with Gasteiger partial charge in [0, 0.05) is 37.7 Å². The molecule has 1 aromatic carbocycles. The highest BCUT2D eigenvalue weighted by atomic mass is 35.5. The molecule has 2 aromatic heterocycles. The number of aromatic nitrogens is 5. The van der Waals surface area contributed by atoms with Crippen LogP contribution in [-0.4, -0.2) is 41.9 Å². The Bertz CT molecular complexity index is 1190. The summed E-state index contributed by atoms with van der Waals surface area (Å²) in [5, 5.41) is 15.1. The second-order valence-electron chi connectivity index (χ2n) is 8.76. The molecule has 9 nitrogen and oxygen atoms in total. The van der Waals surface area contributed by atoms with E-state index in [1.807, 2.05) is 0 Å². The molecule has 2 fully saturated rings. The van der Waals surface area contributed by atoms with E-state index in [1.54, 1.807) is 24.9 Å². The van der Waals surface area contributed by atoms with E-state index in [9.17, 15) is 9.18 Å². The number of amides is 2. The van der Waals surface area contributed by atoms with Crippen LogP contribution >= 0.6 is 11.6 Å². The molecule has 0 unspecified atom stereocenters. The molecule has 1 aliphatic heterocycles. The first-order valence-corrected chi connectivity index (χ1v) is 10.9. The summed E-state index contributed by atoms with van der Waals surface area (Å²) in [6.45, 7) is 3.90. The predicted molar refractivity (Wildman–Crippen MR) is 114 cm³/mol. The molecule has 2 amide bonds. The smallest absolute Gasteiger partial charge is 0.323 e. The highest BCUT2D eigenvalue weighted by molar-refractivity contribution is 6.33. The Labute approximate surface area is 189 Å². The molecule has 2 aliphatic rings. The number of rotatable bonds is 3. The van der Waals surface area contributed by atoms with Gasteiger partial charge in [0.05, 0.1) is 5.02 Å². The Morgan fingerprint density at radius 3 is 2.81 bits per heavy atom. The first kappa shape index (κ1) is 20.9. The van der Waals surface area contributed by atoms with Gasteiger partial charge < -0.3 is 14.6 Å². The normalized spacial score (nSPS) is 24.7. The Kier molecular flexibility index (Phi) is 4.92. The van der Waals surface area contributed by atoms with Crippen LogP contribution in [0.2, 0.25) is 5.02 Å². The molecular weight excluding hydrogens is 437 g/mol. The lowest BCUT2D eigenvalue weighted by atomic mass is 9.75. The number of nitrogens with one attached hydrogen (secondary N) is 1. The van der Waals surface area contributed by atoms with E-state index in [0.717, 1.165) is 25.7 Å². The van der Waals surface area contributed by atoms with Crippen LogP contribution in [0.4, 0.5) is 14.9 Å². The van der Waals surface area contributed by atoms with E-state index in [0.29, 0.717) is 23.3 Å². The summed E-state index contributed by atoms with van der Waals surface area (Å²) >= 11 is 6.15. The van der Waals surface area contributed by atoms with Crippen molar-refractivity contribution in [3.05, 3.63) is 41.1 Å². The van der Waals surface area contributed by atoms with E-state index >= 15 is 0 Å². The van der Waals surface area contributed by atoms with Gasteiger partial charge in [-0.1, -0.05) is 18.5 Å². The van der Waals surface area contributed by atoms with Crippen LogP contribution in [0, 0.1) is 18.7 Å². The van der Waals surface area contributed by atoms with Crippen molar-refractivity contribution in [3.63, 3.8) is 0 Å². The molecular formula is C21H23ClFN7O2. The zero-order valence-electron chi connectivity index (χ0n) is 18.0. The van der Waals surface area contributed by atoms with E-state index in [1.165, 1.54) is 17.1 Å². The number of benzene rings is 1. The first-order chi connectivity index (χ1) is 15.3. The highest BCUT2D eigenvalue weighted by Gasteiger charge is 2.60. The van der Waals surface area contributed by atoms with Crippen LogP contribution in [0.5, 0.6) is 0 Å². The number of nitrogens with zero attached hydrogens (tertiary/aromatic N) is 6. The maximum Gasteiger partial charge on any atom is 0.323 e. The lowest BCUT2D eigenvalue weighted by Crippen LogP contribution is -2.66. The Hall–Kier alpha value is -3.01. The van der Waals surface area contributed by atoms with Gasteiger partial charge in [0.15, 0.2) is 5.82 Å². The number of hydrogen-bond acceptors (Lipinski definition) is 6. The van der Waals surface area contributed by atoms with Gasteiger partial charge >= 0.3 is 6.03 Å². The number of fused-ring (bicyclic) bond motifs is 2. The van der Waals surface area contributed by atoms with Gasteiger partial charge in [-0.3, -0.25) is 4.68 Å². The van der Waals surface area contributed by atoms with Crippen molar-refractivity contribution in [2.45, 2.75) is 51.1 Å². The first-order valence-electron chi connectivity index (χ1n) is 10.5. The van der Waals surface area contributed by atoms with Gasteiger partial charge in [-0.25, -0.2) is 14.2 Å². The second-order valence-corrected chi connectivity index (χ2v) is 9.14. The van der Waals surface area contributed by atoms with Gasteiger partial charge in [0.25, 0.3) is 0 Å². The predicted octanol–water partition coefficient (Wildman–Crippen LogP) is 4.29. The van der Waals surface area contributed by atoms with Gasteiger partial charge in [0.2, 0.25) is 11.8 Å². The van der Waals surface area contributed by atoms with E-state index in [4.69, 9.17) is 16.0 Å². The number of aryl methyl sites for hydroxylation is 2. The van der Waals surface area contributed by atoms with E-state index in [2.05, 4.69) is 32.5 Å². The van der Waals surface area contributed by atoms with Gasteiger partial charge in [-0.15, -0.1) is 10.2 Å². The fourth-order valence-electron chi connectivity index (χ4n) is 4.98. The molecule has 0 radical (unpaired) electrons. The minimum absolute atomic E-state index is 0.0567. The monoisotopic (exact) mass is 459 g/mol. The minimum Gasteiger partial charge on any atom is -0.423 e. The van der Waals surface area contributed by atoms with Crippen LogP contribution in [-0.2, 0) is 12.6 Å². The van der Waals surface area contributed by atoms with Crippen molar-refractivity contribution in [1.82, 2.24) is 29.9 Å². The minimum atomic E-state index is -0.663. The fourth-order valence-corrected chi connectivity index (χ4v) is 5.17. The van der Waals surface area contributed by atoms with Crippen LogP contribution in [0.15, 0.2) is 22.9 Å². The lowest BCUT2D eigenvalue weighted by Gasteiger charge is -2.55. The lowest BCUT2D eigenvalue weighted by molar-refractivity contribution is -0.0517. The molecule has 1 N–H and O–H groups in total. The maximum atomic E-state index is 14.6. The molecule has 2 bridgehead atoms. The Balaban J connectivity index is 1.47. The number of carbonyl (C=O) groups excluding carboxylic acids is 1. The number of likely N-dealkylation sites (tertiary alicyclic amines) is 1. The van der Waals surface area contributed by atoms with Crippen LogP contribution in [0.3, 0.4) is 0 Å². The third-order valence-corrected chi connectivity index (χ3v) is 6.73. The summed E-state index contributed by atoms with van der Waals surface area (Å²) in [6, 6.07) is 2.49. The average Bonchev–Trinajstić information content (AvgIpc) is 3.27. The van der Waals surface area contributed by atoms with Gasteiger partial charge in [-0.2, -0.15) is 5.10 Å². The summed E-state index contributed by atoms with van der Waals surface area (Å²) in [6.07, 6.45) is 4.90. The highest BCUT2D eigenvalue weighted by Crippen LogP contribution is 2.53. The largest absolute Gasteiger partial charge is 0.423 e. The summed E-state index contributed by atoms with van der Waals surface area (Å²) in [5.41, 5.74) is -0.0743. The Morgan fingerprint density at radius 2 is 2.12 bits per heavy atom. The number of hydrogen-bond donors (Lipinski definition) is 1. The molecule has 5 rings (SSSR count). The van der Waals surface area contributed by atoms with Gasteiger partial charge in [-0.05, 0) is 37.3 Å². The van der Waals surface area contributed by atoms with Crippen molar-refractivity contribution >= 4 is 23.3 Å². The summed E-state index contributed by atoms with van der Waals surface area (Å²) in [4.78, 5) is 19.4. The second kappa shape index (κ2) is 7.54. The number of anilines is 1. The number of urea groups is 1. The average molecular weight is 460 g/mol. The van der Waals surface area contributed by atoms with E-state index < -0.39 is 11.4 Å². The summed E-state index contributed by atoms with van der Waals surface area (Å²) in [7, 11) is 1.71. The zero-order valence-corrected chi connectivity index (χ0v) is 18.7. The number of carbonyl (C=O) groups is 1. The van der Waals surface area contributed by atoms with Crippen LogP contribution < -0.4 is 5.32 Å². The topological polar surface area (TPSA) is 102 Å². The zero-order chi connectivity index (χ0) is 22.6. The van der Waals surface area contributed by atoms with Crippen LogP contribution in [0.1, 0.15) is 44.4 Å². The molecule has 0 spiro atoms. The SMILES string of the molecule is Cc1nnc([C@]23C[C@H](C)CC[C@H](C2)N3C(=O)Nc2cc(F)c(Cl)c(-c3ncn(C)n3)c2)o1. The molecule has 3 aromatic rings. The quantitative estimate of drug-likeness (QED) is 0.627. The molecule has 1 saturated heterocycles. The molecule has 168 valence electrons. The standard InChI is InChI=1S/C21H23ClFN7O2/c1-11-4-5-14-9-21(8-11,19-27-26-12(2)32-19)30(14)20(31)25-13-6-15(17(22)16(23)7-13)18-24-10-29(3)28-18/h6-7,10-11,14H,4-5,8-9H2,1-3H3,(H,25,31)/t11-,14-,21+/m1/s1. The van der Waals surface area contributed by atoms with Gasteiger partial charge in [0.1, 0.15) is 17.7 Å². The molecule has 1 aliphatic carbocycles. The molecule has 32 heavy (non-hydrogen) atoms. The third-order valence-electron chi connectivity index (χ3n) is 6.34. The van der Waals surface area contributed by atoms with Crippen molar-refractivity contribution in [3.8, 4) is 11.4 Å². The Morgan fingerprint density at radius 1 is 1.31 bits per heavy atom. The van der Waals surface area contributed by atoms with Crippen molar-refractivity contribution < 1.29 is 13.6 Å². The summed E-state index contributed by atoms with van der Waals surface area (Å²) in [5.74, 6) is 0.929. The summed E-state index contributed by atoms with van der Waals surface area (Å²) < 4.78 is 21.8.